The number of nitrogens with zero attached hydrogens (tertiary/aromatic N) is 1. The van der Waals surface area contributed by atoms with Gasteiger partial charge in [0.15, 0.2) is 0 Å². The van der Waals surface area contributed by atoms with E-state index in [4.69, 9.17) is 23.2 Å². The van der Waals surface area contributed by atoms with Crippen LogP contribution in [-0.2, 0) is 0 Å². The van der Waals surface area contributed by atoms with Gasteiger partial charge >= 0.3 is 0 Å². The van der Waals surface area contributed by atoms with Gasteiger partial charge in [-0.2, -0.15) is 0 Å². The van der Waals surface area contributed by atoms with Gasteiger partial charge in [0.05, 0.1) is 0 Å². The van der Waals surface area contributed by atoms with E-state index in [0.29, 0.717) is 6.04 Å². The first-order valence-electron chi connectivity index (χ1n) is 6.67. The average molecular weight is 285 g/mol. The van der Waals surface area contributed by atoms with E-state index in [1.165, 1.54) is 19.3 Å². The minimum Gasteiger partial charge on any atom is -0.370 e. The van der Waals surface area contributed by atoms with Crippen molar-refractivity contribution in [2.45, 2.75) is 25.3 Å². The van der Waals surface area contributed by atoms with Crippen LogP contribution in [-0.4, -0.2) is 25.7 Å². The van der Waals surface area contributed by atoms with E-state index in [9.17, 15) is 0 Å². The SMILES string of the molecule is Clc1cc(Cl)cc(N2CCCNC(C3CC3)C2)c1. The van der Waals surface area contributed by atoms with Gasteiger partial charge < -0.3 is 10.2 Å². The predicted molar refractivity (Wildman–Crippen MR) is 77.8 cm³/mol. The molecule has 1 atom stereocenters. The minimum absolute atomic E-state index is 0.630. The summed E-state index contributed by atoms with van der Waals surface area (Å²) < 4.78 is 0. The van der Waals surface area contributed by atoms with E-state index in [1.54, 1.807) is 6.07 Å². The van der Waals surface area contributed by atoms with E-state index >= 15 is 0 Å². The number of hydrogen-bond acceptors (Lipinski definition) is 2. The van der Waals surface area contributed by atoms with Gasteiger partial charge in [-0.05, 0) is 49.9 Å². The Hall–Kier alpha value is -0.440. The minimum atomic E-state index is 0.630. The van der Waals surface area contributed by atoms with Crippen LogP contribution in [0.1, 0.15) is 19.3 Å². The second-order valence-corrected chi connectivity index (χ2v) is 6.20. The molecule has 4 heteroatoms. The molecule has 1 aromatic carbocycles. The van der Waals surface area contributed by atoms with Gasteiger partial charge in [-0.15, -0.1) is 0 Å². The van der Waals surface area contributed by atoms with Crippen LogP contribution in [0.2, 0.25) is 10.0 Å². The zero-order chi connectivity index (χ0) is 12.5. The molecule has 18 heavy (non-hydrogen) atoms. The van der Waals surface area contributed by atoms with Gasteiger partial charge in [-0.3, -0.25) is 0 Å². The molecule has 1 saturated heterocycles. The van der Waals surface area contributed by atoms with Crippen LogP contribution in [0.15, 0.2) is 18.2 Å². The number of anilines is 1. The van der Waals surface area contributed by atoms with Crippen molar-refractivity contribution in [3.8, 4) is 0 Å². The summed E-state index contributed by atoms with van der Waals surface area (Å²) in [6, 6.07) is 6.46. The number of hydrogen-bond donors (Lipinski definition) is 1. The molecule has 2 nitrogen and oxygen atoms in total. The molecule has 0 radical (unpaired) electrons. The lowest BCUT2D eigenvalue weighted by Gasteiger charge is -2.27. The van der Waals surface area contributed by atoms with Gasteiger partial charge in [0.1, 0.15) is 0 Å². The average Bonchev–Trinajstić information content (AvgIpc) is 3.14. The van der Waals surface area contributed by atoms with Crippen molar-refractivity contribution < 1.29 is 0 Å². The van der Waals surface area contributed by atoms with Gasteiger partial charge in [0.2, 0.25) is 0 Å². The summed E-state index contributed by atoms with van der Waals surface area (Å²) in [5.41, 5.74) is 1.15. The lowest BCUT2D eigenvalue weighted by atomic mass is 10.1. The van der Waals surface area contributed by atoms with E-state index < -0.39 is 0 Å². The van der Waals surface area contributed by atoms with Crippen molar-refractivity contribution in [3.05, 3.63) is 28.2 Å². The van der Waals surface area contributed by atoms with E-state index in [0.717, 1.165) is 41.3 Å². The van der Waals surface area contributed by atoms with Crippen LogP contribution in [0.5, 0.6) is 0 Å². The van der Waals surface area contributed by atoms with Crippen molar-refractivity contribution in [1.29, 1.82) is 0 Å². The van der Waals surface area contributed by atoms with Crippen molar-refractivity contribution in [2.24, 2.45) is 5.92 Å². The highest BCUT2D eigenvalue weighted by Gasteiger charge is 2.33. The smallest absolute Gasteiger partial charge is 0.0441 e. The Morgan fingerprint density at radius 2 is 1.83 bits per heavy atom. The van der Waals surface area contributed by atoms with E-state index in [2.05, 4.69) is 10.2 Å². The highest BCUT2D eigenvalue weighted by Crippen LogP contribution is 2.35. The fraction of sp³-hybridized carbons (Fsp3) is 0.571. The van der Waals surface area contributed by atoms with Crippen LogP contribution in [0.3, 0.4) is 0 Å². The third-order valence-electron chi connectivity index (χ3n) is 3.83. The number of nitrogens with one attached hydrogen (secondary N) is 1. The molecule has 0 aromatic heterocycles. The first-order valence-corrected chi connectivity index (χ1v) is 7.42. The first-order chi connectivity index (χ1) is 8.72. The van der Waals surface area contributed by atoms with Crippen molar-refractivity contribution >= 4 is 28.9 Å². The van der Waals surface area contributed by atoms with Crippen molar-refractivity contribution in [3.63, 3.8) is 0 Å². The summed E-state index contributed by atoms with van der Waals surface area (Å²) in [6.45, 7) is 3.26. The maximum Gasteiger partial charge on any atom is 0.0441 e. The Morgan fingerprint density at radius 1 is 1.11 bits per heavy atom. The molecule has 1 saturated carbocycles. The van der Waals surface area contributed by atoms with Crippen LogP contribution in [0.4, 0.5) is 5.69 Å². The lowest BCUT2D eigenvalue weighted by molar-refractivity contribution is 0.490. The number of halogens is 2. The topological polar surface area (TPSA) is 15.3 Å². The summed E-state index contributed by atoms with van der Waals surface area (Å²) in [5.74, 6) is 0.875. The Bertz CT molecular complexity index is 412. The largest absolute Gasteiger partial charge is 0.370 e. The molecular formula is C14H18Cl2N2. The zero-order valence-electron chi connectivity index (χ0n) is 10.3. The van der Waals surface area contributed by atoms with Gasteiger partial charge in [-0.1, -0.05) is 23.2 Å². The molecule has 0 amide bonds. The molecule has 1 aromatic rings. The highest BCUT2D eigenvalue weighted by molar-refractivity contribution is 6.35. The molecule has 1 aliphatic carbocycles. The summed E-state index contributed by atoms with van der Waals surface area (Å²) >= 11 is 12.2. The van der Waals surface area contributed by atoms with Crippen molar-refractivity contribution in [1.82, 2.24) is 5.32 Å². The lowest BCUT2D eigenvalue weighted by Crippen LogP contribution is -2.39. The molecule has 3 rings (SSSR count). The molecular weight excluding hydrogens is 267 g/mol. The van der Waals surface area contributed by atoms with Crippen LogP contribution >= 0.6 is 23.2 Å². The van der Waals surface area contributed by atoms with E-state index in [-0.39, 0.29) is 0 Å². The molecule has 98 valence electrons. The standard InChI is InChI=1S/C14H18Cl2N2/c15-11-6-12(16)8-13(7-11)18-5-1-4-17-14(9-18)10-2-3-10/h6-8,10,14,17H,1-5,9H2. The number of rotatable bonds is 2. The third kappa shape index (κ3) is 2.93. The normalized spacial score (nSPS) is 25.0. The molecule has 1 aliphatic heterocycles. The Kier molecular flexibility index (Phi) is 3.69. The molecule has 2 fully saturated rings. The van der Waals surface area contributed by atoms with Crippen LogP contribution in [0.25, 0.3) is 0 Å². The molecule has 2 aliphatic rings. The molecule has 1 unspecified atom stereocenters. The van der Waals surface area contributed by atoms with Gasteiger partial charge in [0, 0.05) is 34.9 Å². The molecule has 0 spiro atoms. The summed E-state index contributed by atoms with van der Waals surface area (Å²) in [5, 5.41) is 5.11. The molecule has 0 bridgehead atoms. The third-order valence-corrected chi connectivity index (χ3v) is 4.27. The molecule has 1 heterocycles. The van der Waals surface area contributed by atoms with Crippen molar-refractivity contribution in [2.75, 3.05) is 24.5 Å². The highest BCUT2D eigenvalue weighted by atomic mass is 35.5. The predicted octanol–water partition coefficient (Wildman–Crippen LogP) is 3.57. The fourth-order valence-electron chi connectivity index (χ4n) is 2.72. The molecule has 1 N–H and O–H groups in total. The van der Waals surface area contributed by atoms with E-state index in [1.807, 2.05) is 12.1 Å². The fourth-order valence-corrected chi connectivity index (χ4v) is 3.24. The summed E-state index contributed by atoms with van der Waals surface area (Å²) in [4.78, 5) is 2.42. The quantitative estimate of drug-likeness (QED) is 0.893. The van der Waals surface area contributed by atoms with Gasteiger partial charge in [-0.25, -0.2) is 0 Å². The summed E-state index contributed by atoms with van der Waals surface area (Å²) in [7, 11) is 0. The van der Waals surface area contributed by atoms with Crippen LogP contribution in [0, 0.1) is 5.92 Å². The summed E-state index contributed by atoms with van der Waals surface area (Å²) in [6.07, 6.45) is 3.93. The maximum absolute atomic E-state index is 6.09. The first kappa shape index (κ1) is 12.6. The number of benzene rings is 1. The second-order valence-electron chi connectivity index (χ2n) is 5.33. The Labute approximate surface area is 118 Å². The Balaban J connectivity index is 1.80. The second kappa shape index (κ2) is 5.28. The maximum atomic E-state index is 6.09. The monoisotopic (exact) mass is 284 g/mol. The Morgan fingerprint density at radius 3 is 2.50 bits per heavy atom. The van der Waals surface area contributed by atoms with Gasteiger partial charge in [0.25, 0.3) is 0 Å². The van der Waals surface area contributed by atoms with Crippen LogP contribution < -0.4 is 10.2 Å². The zero-order valence-corrected chi connectivity index (χ0v) is 11.8.